The van der Waals surface area contributed by atoms with Gasteiger partial charge in [-0.15, -0.1) is 0 Å². The first-order chi connectivity index (χ1) is 16.4. The Balaban J connectivity index is 1.36. The summed E-state index contributed by atoms with van der Waals surface area (Å²) < 4.78 is 20.9. The maximum atomic E-state index is 15.7. The number of halogens is 1. The fourth-order valence-electron chi connectivity index (χ4n) is 5.17. The molecular formula is C27H36FN3O3. The molecule has 1 aromatic heterocycles. The summed E-state index contributed by atoms with van der Waals surface area (Å²) in [6.45, 7) is 3.11. The number of rotatable bonds is 11. The van der Waals surface area contributed by atoms with Gasteiger partial charge in [0.05, 0.1) is 13.0 Å². The molecule has 4 rings (SSSR count). The molecule has 34 heavy (non-hydrogen) atoms. The zero-order chi connectivity index (χ0) is 24.0. The van der Waals surface area contributed by atoms with Crippen LogP contribution in [-0.2, 0) is 28.8 Å². The number of hydrogen-bond donors (Lipinski definition) is 2. The molecule has 1 fully saturated rings. The van der Waals surface area contributed by atoms with E-state index in [-0.39, 0.29) is 12.3 Å². The first-order valence-electron chi connectivity index (χ1n) is 12.4. The highest BCUT2D eigenvalue weighted by Gasteiger charge is 2.39. The molecule has 0 radical (unpaired) electrons. The summed E-state index contributed by atoms with van der Waals surface area (Å²) in [6, 6.07) is 12.2. The standard InChI is InChI=1S/C27H36FN3O3/c1-34-15-10-20-4-2-5-22(16-20)23(17-25(32)33)18-31-14-12-27(28,19-31)11-9-24-8-7-21-6-3-13-29-26(21)30-24/h2,4-5,7-8,16,23H,3,6,9-15,17-19H2,1H3,(H,29,30)(H,32,33). The number of carbonyl (C=O) groups is 1. The van der Waals surface area contributed by atoms with Gasteiger partial charge >= 0.3 is 5.97 Å². The minimum Gasteiger partial charge on any atom is -0.481 e. The second-order valence-electron chi connectivity index (χ2n) is 9.76. The summed E-state index contributed by atoms with van der Waals surface area (Å²) in [5.41, 5.74) is 3.04. The summed E-state index contributed by atoms with van der Waals surface area (Å²) in [5, 5.41) is 12.8. The number of fused-ring (bicyclic) bond motifs is 1. The molecule has 0 aliphatic carbocycles. The lowest BCUT2D eigenvalue weighted by molar-refractivity contribution is -0.137. The van der Waals surface area contributed by atoms with Gasteiger partial charge in [0, 0.05) is 44.9 Å². The molecule has 0 amide bonds. The molecule has 1 saturated heterocycles. The summed E-state index contributed by atoms with van der Waals surface area (Å²) in [4.78, 5) is 18.4. The zero-order valence-corrected chi connectivity index (χ0v) is 20.1. The predicted molar refractivity (Wildman–Crippen MR) is 131 cm³/mol. The molecule has 2 unspecified atom stereocenters. The van der Waals surface area contributed by atoms with Crippen molar-refractivity contribution in [1.82, 2.24) is 9.88 Å². The summed E-state index contributed by atoms with van der Waals surface area (Å²) in [7, 11) is 1.67. The number of methoxy groups -OCH3 is 1. The fraction of sp³-hybridized carbons (Fsp3) is 0.556. The van der Waals surface area contributed by atoms with Crippen molar-refractivity contribution in [3.63, 3.8) is 0 Å². The fourth-order valence-corrected chi connectivity index (χ4v) is 5.17. The first-order valence-corrected chi connectivity index (χ1v) is 12.4. The van der Waals surface area contributed by atoms with Gasteiger partial charge in [0.15, 0.2) is 0 Å². The molecule has 184 valence electrons. The molecule has 2 atom stereocenters. The van der Waals surface area contributed by atoms with Crippen molar-refractivity contribution in [2.75, 3.05) is 45.2 Å². The third-order valence-corrected chi connectivity index (χ3v) is 7.08. The van der Waals surface area contributed by atoms with Gasteiger partial charge in [-0.05, 0) is 61.3 Å². The molecular weight excluding hydrogens is 433 g/mol. The van der Waals surface area contributed by atoms with E-state index in [2.05, 4.69) is 22.3 Å². The van der Waals surface area contributed by atoms with Crippen molar-refractivity contribution in [2.24, 2.45) is 0 Å². The number of carboxylic acid groups (broad SMARTS) is 1. The van der Waals surface area contributed by atoms with Crippen LogP contribution in [0.2, 0.25) is 0 Å². The number of ether oxygens (including phenoxy) is 1. The van der Waals surface area contributed by atoms with Crippen molar-refractivity contribution in [3.05, 3.63) is 58.8 Å². The molecule has 2 N–H and O–H groups in total. The van der Waals surface area contributed by atoms with Crippen molar-refractivity contribution in [2.45, 2.75) is 56.5 Å². The van der Waals surface area contributed by atoms with Crippen LogP contribution in [0.5, 0.6) is 0 Å². The normalized spacial score (nSPS) is 21.1. The smallest absolute Gasteiger partial charge is 0.304 e. The Morgan fingerprint density at radius 2 is 2.21 bits per heavy atom. The monoisotopic (exact) mass is 469 g/mol. The average molecular weight is 470 g/mol. The van der Waals surface area contributed by atoms with Gasteiger partial charge in [-0.1, -0.05) is 30.3 Å². The number of carboxylic acids is 1. The Morgan fingerprint density at radius 3 is 3.03 bits per heavy atom. The number of aryl methyl sites for hydroxylation is 2. The van der Waals surface area contributed by atoms with E-state index in [9.17, 15) is 9.90 Å². The van der Waals surface area contributed by atoms with E-state index in [0.29, 0.717) is 45.5 Å². The van der Waals surface area contributed by atoms with Crippen LogP contribution in [0.15, 0.2) is 36.4 Å². The van der Waals surface area contributed by atoms with E-state index < -0.39 is 11.6 Å². The predicted octanol–water partition coefficient (Wildman–Crippen LogP) is 4.23. The number of aliphatic carboxylic acids is 1. The lowest BCUT2D eigenvalue weighted by atomic mass is 9.93. The second kappa shape index (κ2) is 11.3. The van der Waals surface area contributed by atoms with Crippen LogP contribution in [-0.4, -0.2) is 66.5 Å². The number of nitrogens with one attached hydrogen (secondary N) is 1. The van der Waals surface area contributed by atoms with Gasteiger partial charge in [-0.3, -0.25) is 9.69 Å². The maximum absolute atomic E-state index is 15.7. The molecule has 2 aliphatic heterocycles. The molecule has 3 heterocycles. The van der Waals surface area contributed by atoms with Crippen molar-refractivity contribution >= 4 is 11.8 Å². The number of anilines is 1. The molecule has 2 aromatic rings. The number of nitrogens with zero attached hydrogens (tertiary/aromatic N) is 2. The van der Waals surface area contributed by atoms with Gasteiger partial charge in [0.2, 0.25) is 0 Å². The lowest BCUT2D eigenvalue weighted by Crippen LogP contribution is -2.32. The van der Waals surface area contributed by atoms with Gasteiger partial charge in [-0.25, -0.2) is 9.37 Å². The van der Waals surface area contributed by atoms with Gasteiger partial charge < -0.3 is 15.2 Å². The molecule has 2 aliphatic rings. The average Bonchev–Trinajstić information content (AvgIpc) is 3.21. The molecule has 6 nitrogen and oxygen atoms in total. The number of aromatic nitrogens is 1. The van der Waals surface area contributed by atoms with Crippen molar-refractivity contribution in [1.29, 1.82) is 0 Å². The van der Waals surface area contributed by atoms with E-state index in [1.54, 1.807) is 7.11 Å². The van der Waals surface area contributed by atoms with Crippen LogP contribution < -0.4 is 5.32 Å². The van der Waals surface area contributed by atoms with Crippen LogP contribution in [0.3, 0.4) is 0 Å². The van der Waals surface area contributed by atoms with Crippen LogP contribution in [0, 0.1) is 0 Å². The number of alkyl halides is 1. The van der Waals surface area contributed by atoms with Crippen LogP contribution in [0.4, 0.5) is 10.2 Å². The highest BCUT2D eigenvalue weighted by Crippen LogP contribution is 2.33. The largest absolute Gasteiger partial charge is 0.481 e. The number of likely N-dealkylation sites (tertiary alicyclic amines) is 1. The van der Waals surface area contributed by atoms with Crippen LogP contribution in [0.25, 0.3) is 0 Å². The quantitative estimate of drug-likeness (QED) is 0.513. The number of pyridine rings is 1. The second-order valence-corrected chi connectivity index (χ2v) is 9.76. The van der Waals surface area contributed by atoms with Crippen LogP contribution in [0.1, 0.15) is 54.0 Å². The minimum atomic E-state index is -1.26. The number of hydrogen-bond acceptors (Lipinski definition) is 5. The maximum Gasteiger partial charge on any atom is 0.304 e. The Hall–Kier alpha value is -2.51. The molecule has 0 spiro atoms. The van der Waals surface area contributed by atoms with Gasteiger partial charge in [0.1, 0.15) is 11.5 Å². The Bertz CT molecular complexity index is 985. The third kappa shape index (κ3) is 6.54. The topological polar surface area (TPSA) is 74.7 Å². The SMILES string of the molecule is COCCc1cccc(C(CC(=O)O)CN2CCC(F)(CCc3ccc4c(n3)NCCC4)C2)c1. The van der Waals surface area contributed by atoms with Crippen molar-refractivity contribution < 1.29 is 19.0 Å². The number of benzene rings is 1. The lowest BCUT2D eigenvalue weighted by Gasteiger charge is -2.25. The van der Waals surface area contributed by atoms with Gasteiger partial charge in [0.25, 0.3) is 0 Å². The van der Waals surface area contributed by atoms with E-state index in [0.717, 1.165) is 48.4 Å². The van der Waals surface area contributed by atoms with E-state index in [4.69, 9.17) is 9.72 Å². The van der Waals surface area contributed by atoms with E-state index >= 15 is 4.39 Å². The highest BCUT2D eigenvalue weighted by molar-refractivity contribution is 5.68. The van der Waals surface area contributed by atoms with Crippen LogP contribution >= 0.6 is 0 Å². The Morgan fingerprint density at radius 1 is 1.32 bits per heavy atom. The summed E-state index contributed by atoms with van der Waals surface area (Å²) in [6.07, 6.45) is 4.51. The van der Waals surface area contributed by atoms with E-state index in [1.807, 2.05) is 24.3 Å². The van der Waals surface area contributed by atoms with Gasteiger partial charge in [-0.2, -0.15) is 0 Å². The third-order valence-electron chi connectivity index (χ3n) is 7.08. The summed E-state index contributed by atoms with van der Waals surface area (Å²) in [5.74, 6) is -0.0465. The highest BCUT2D eigenvalue weighted by atomic mass is 19.1. The minimum absolute atomic E-state index is 0.0373. The molecule has 7 heteroatoms. The molecule has 0 saturated carbocycles. The zero-order valence-electron chi connectivity index (χ0n) is 20.1. The summed E-state index contributed by atoms with van der Waals surface area (Å²) >= 11 is 0. The van der Waals surface area contributed by atoms with E-state index in [1.165, 1.54) is 5.56 Å². The molecule has 1 aromatic carbocycles. The van der Waals surface area contributed by atoms with Crippen molar-refractivity contribution in [3.8, 4) is 0 Å². The Kier molecular flexibility index (Phi) is 8.16. The first kappa shape index (κ1) is 24.6. The molecule has 0 bridgehead atoms. The Labute approximate surface area is 201 Å².